The Balaban J connectivity index is 1.79. The van der Waals surface area contributed by atoms with Gasteiger partial charge in [0.05, 0.1) is 15.5 Å². The van der Waals surface area contributed by atoms with Gasteiger partial charge in [-0.15, -0.1) is 11.3 Å². The third-order valence-corrected chi connectivity index (χ3v) is 5.12. The predicted octanol–water partition coefficient (Wildman–Crippen LogP) is 4.34. The Morgan fingerprint density at radius 1 is 1.07 bits per heavy atom. The molecule has 29 heavy (non-hydrogen) atoms. The molecular formula is C20H15N5O3S. The second-order valence-corrected chi connectivity index (χ2v) is 7.04. The highest BCUT2D eigenvalue weighted by molar-refractivity contribution is 7.13. The molecule has 4 rings (SSSR count). The van der Waals surface area contributed by atoms with Gasteiger partial charge < -0.3 is 11.1 Å². The lowest BCUT2D eigenvalue weighted by Crippen LogP contribution is -2.14. The Hall–Kier alpha value is -3.98. The Labute approximate surface area is 169 Å². The number of nitrogens with two attached hydrogens (primary N) is 1. The van der Waals surface area contributed by atoms with E-state index < -0.39 is 4.92 Å². The van der Waals surface area contributed by atoms with Crippen LogP contribution in [0.2, 0.25) is 0 Å². The highest BCUT2D eigenvalue weighted by Crippen LogP contribution is 2.33. The van der Waals surface area contributed by atoms with Gasteiger partial charge in [-0.25, -0.2) is 4.68 Å². The maximum atomic E-state index is 13.0. The number of nitrogens with zero attached hydrogens (tertiary/aromatic N) is 3. The van der Waals surface area contributed by atoms with Crippen LogP contribution in [0.25, 0.3) is 16.3 Å². The molecule has 9 heteroatoms. The van der Waals surface area contributed by atoms with Gasteiger partial charge in [-0.3, -0.25) is 14.9 Å². The van der Waals surface area contributed by atoms with E-state index in [4.69, 9.17) is 5.73 Å². The summed E-state index contributed by atoms with van der Waals surface area (Å²) in [6, 6.07) is 18.6. The zero-order valence-electron chi connectivity index (χ0n) is 15.0. The number of nitro benzene ring substituents is 1. The van der Waals surface area contributed by atoms with E-state index in [9.17, 15) is 14.9 Å². The molecule has 2 aromatic heterocycles. The monoisotopic (exact) mass is 405 g/mol. The zero-order valence-corrected chi connectivity index (χ0v) is 15.8. The van der Waals surface area contributed by atoms with Crippen LogP contribution in [0.15, 0.2) is 72.1 Å². The fourth-order valence-electron chi connectivity index (χ4n) is 2.87. The molecule has 3 N–H and O–H groups in total. The molecule has 2 aromatic carbocycles. The molecule has 0 atom stereocenters. The number of nitro groups is 1. The quantitative estimate of drug-likeness (QED) is 0.378. The smallest absolute Gasteiger partial charge is 0.269 e. The van der Waals surface area contributed by atoms with Crippen molar-refractivity contribution >= 4 is 34.4 Å². The Bertz CT molecular complexity index is 1170. The van der Waals surface area contributed by atoms with Gasteiger partial charge in [-0.2, -0.15) is 5.10 Å². The number of benzene rings is 2. The molecule has 0 saturated heterocycles. The second kappa shape index (κ2) is 7.56. The number of thiophene rings is 1. The van der Waals surface area contributed by atoms with Crippen LogP contribution in [0.1, 0.15) is 10.4 Å². The Kier molecular flexibility index (Phi) is 4.80. The Morgan fingerprint density at radius 3 is 2.41 bits per heavy atom. The van der Waals surface area contributed by atoms with Gasteiger partial charge in [-0.05, 0) is 35.7 Å². The largest absolute Gasteiger partial charge is 0.383 e. The summed E-state index contributed by atoms with van der Waals surface area (Å²) in [6.45, 7) is 0. The lowest BCUT2D eigenvalue weighted by Gasteiger charge is -2.07. The van der Waals surface area contributed by atoms with Crippen LogP contribution in [0, 0.1) is 10.1 Å². The van der Waals surface area contributed by atoms with Crippen molar-refractivity contribution in [1.29, 1.82) is 0 Å². The number of amides is 1. The minimum absolute atomic E-state index is 0.0417. The van der Waals surface area contributed by atoms with Gasteiger partial charge in [0, 0.05) is 17.8 Å². The lowest BCUT2D eigenvalue weighted by molar-refractivity contribution is -0.384. The minimum Gasteiger partial charge on any atom is -0.383 e. The Morgan fingerprint density at radius 2 is 1.79 bits per heavy atom. The van der Waals surface area contributed by atoms with Crippen LogP contribution in [0.5, 0.6) is 0 Å². The van der Waals surface area contributed by atoms with Gasteiger partial charge in [0.2, 0.25) is 0 Å². The minimum atomic E-state index is -0.480. The molecule has 0 aliphatic rings. The van der Waals surface area contributed by atoms with Crippen LogP contribution in [-0.4, -0.2) is 20.6 Å². The van der Waals surface area contributed by atoms with Crippen molar-refractivity contribution in [2.45, 2.75) is 0 Å². The number of aromatic nitrogens is 2. The fourth-order valence-corrected chi connectivity index (χ4v) is 3.58. The lowest BCUT2D eigenvalue weighted by atomic mass is 10.1. The first-order valence-electron chi connectivity index (χ1n) is 8.58. The number of hydrogen-bond donors (Lipinski definition) is 2. The van der Waals surface area contributed by atoms with Crippen molar-refractivity contribution in [2.75, 3.05) is 11.1 Å². The molecule has 0 unspecified atom stereocenters. The molecule has 1 amide bonds. The first-order valence-corrected chi connectivity index (χ1v) is 9.46. The van der Waals surface area contributed by atoms with E-state index in [0.717, 1.165) is 4.88 Å². The van der Waals surface area contributed by atoms with Gasteiger partial charge in [-0.1, -0.05) is 24.3 Å². The number of hydrogen-bond acceptors (Lipinski definition) is 6. The van der Waals surface area contributed by atoms with Crippen molar-refractivity contribution in [3.63, 3.8) is 0 Å². The van der Waals surface area contributed by atoms with Gasteiger partial charge in [0.1, 0.15) is 17.1 Å². The molecule has 0 aliphatic carbocycles. The molecule has 0 fully saturated rings. The molecule has 0 radical (unpaired) electrons. The SMILES string of the molecule is Nc1c(C(=O)Nc2ccccc2)c(-c2cccs2)nn1-c1ccc([N+](=O)[O-])cc1. The van der Waals surface area contributed by atoms with Crippen LogP contribution >= 0.6 is 11.3 Å². The summed E-state index contributed by atoms with van der Waals surface area (Å²) in [4.78, 5) is 24.2. The number of nitrogens with one attached hydrogen (secondary N) is 1. The van der Waals surface area contributed by atoms with Crippen molar-refractivity contribution in [3.8, 4) is 16.3 Å². The number of non-ortho nitro benzene ring substituents is 1. The summed E-state index contributed by atoms with van der Waals surface area (Å²) in [7, 11) is 0. The second-order valence-electron chi connectivity index (χ2n) is 6.09. The average molecular weight is 405 g/mol. The van der Waals surface area contributed by atoms with Gasteiger partial charge >= 0.3 is 0 Å². The maximum Gasteiger partial charge on any atom is 0.269 e. The molecule has 8 nitrogen and oxygen atoms in total. The van der Waals surface area contributed by atoms with Crippen molar-refractivity contribution in [1.82, 2.24) is 9.78 Å². The molecule has 144 valence electrons. The van der Waals surface area contributed by atoms with Gasteiger partial charge in [0.15, 0.2) is 0 Å². The molecule has 4 aromatic rings. The van der Waals surface area contributed by atoms with Crippen LogP contribution < -0.4 is 11.1 Å². The van der Waals surface area contributed by atoms with E-state index in [1.807, 2.05) is 35.7 Å². The van der Waals surface area contributed by atoms with Crippen molar-refractivity contribution < 1.29 is 9.72 Å². The normalized spacial score (nSPS) is 10.6. The molecule has 0 saturated carbocycles. The van der Waals surface area contributed by atoms with E-state index in [1.165, 1.54) is 28.2 Å². The maximum absolute atomic E-state index is 13.0. The number of para-hydroxylation sites is 1. The van der Waals surface area contributed by atoms with E-state index in [2.05, 4.69) is 10.4 Å². The molecule has 0 bridgehead atoms. The number of carbonyl (C=O) groups excluding carboxylic acids is 1. The first-order chi connectivity index (χ1) is 14.0. The first kappa shape index (κ1) is 18.4. The zero-order chi connectivity index (χ0) is 20.4. The van der Waals surface area contributed by atoms with E-state index in [0.29, 0.717) is 17.1 Å². The number of carbonyl (C=O) groups is 1. The highest BCUT2D eigenvalue weighted by Gasteiger charge is 2.25. The summed E-state index contributed by atoms with van der Waals surface area (Å²) >= 11 is 1.44. The van der Waals surface area contributed by atoms with E-state index in [-0.39, 0.29) is 23.0 Å². The standard InChI is InChI=1S/C20H15N5O3S/c21-19-17(20(26)22-13-5-2-1-3-6-13)18(16-7-4-12-29-16)23-24(19)14-8-10-15(11-9-14)25(27)28/h1-12H,21H2,(H,22,26). The van der Waals surface area contributed by atoms with Crippen LogP contribution in [0.4, 0.5) is 17.2 Å². The third-order valence-electron chi connectivity index (χ3n) is 4.24. The topological polar surface area (TPSA) is 116 Å². The average Bonchev–Trinajstić information content (AvgIpc) is 3.36. The summed E-state index contributed by atoms with van der Waals surface area (Å²) in [6.07, 6.45) is 0. The number of rotatable bonds is 5. The van der Waals surface area contributed by atoms with Crippen LogP contribution in [0.3, 0.4) is 0 Å². The third kappa shape index (κ3) is 3.58. The van der Waals surface area contributed by atoms with E-state index in [1.54, 1.807) is 24.3 Å². The number of nitrogen functional groups attached to an aromatic ring is 1. The van der Waals surface area contributed by atoms with Gasteiger partial charge in [0.25, 0.3) is 11.6 Å². The summed E-state index contributed by atoms with van der Waals surface area (Å²) in [5.74, 6) is -0.235. The summed E-state index contributed by atoms with van der Waals surface area (Å²) < 4.78 is 1.42. The molecule has 2 heterocycles. The van der Waals surface area contributed by atoms with Crippen LogP contribution in [-0.2, 0) is 0 Å². The fraction of sp³-hybridized carbons (Fsp3) is 0. The summed E-state index contributed by atoms with van der Waals surface area (Å²) in [5, 5.41) is 20.1. The van der Waals surface area contributed by atoms with E-state index >= 15 is 0 Å². The predicted molar refractivity (Wildman–Crippen MR) is 112 cm³/mol. The van der Waals surface area contributed by atoms with Crippen molar-refractivity contribution in [2.24, 2.45) is 0 Å². The van der Waals surface area contributed by atoms with Crippen molar-refractivity contribution in [3.05, 3.63) is 87.8 Å². The molecular weight excluding hydrogens is 390 g/mol. The summed E-state index contributed by atoms with van der Waals surface area (Å²) in [5.41, 5.74) is 8.11. The highest BCUT2D eigenvalue weighted by atomic mass is 32.1. The molecule has 0 spiro atoms. The molecule has 0 aliphatic heterocycles. The number of anilines is 2.